The molecule has 0 bridgehead atoms. The highest BCUT2D eigenvalue weighted by molar-refractivity contribution is 7.95. The maximum absolute atomic E-state index is 11.4. The molecule has 5 rings (SSSR count). The summed E-state index contributed by atoms with van der Waals surface area (Å²) >= 11 is 1.59. The molecule has 0 aliphatic carbocycles. The Labute approximate surface area is 204 Å². The molecule has 1 aromatic heterocycles. The number of aryl methyl sites for hydroxylation is 1. The van der Waals surface area contributed by atoms with Gasteiger partial charge in [0.25, 0.3) is 0 Å². The van der Waals surface area contributed by atoms with Crippen molar-refractivity contribution in [3.63, 3.8) is 0 Å². The first kappa shape index (κ1) is 22.5. The molecule has 0 radical (unpaired) electrons. The van der Waals surface area contributed by atoms with Crippen molar-refractivity contribution >= 4 is 50.6 Å². The van der Waals surface area contributed by atoms with Gasteiger partial charge >= 0.3 is 5.97 Å². The summed E-state index contributed by atoms with van der Waals surface area (Å²) in [6.07, 6.45) is 0.945. The average molecular weight is 482 g/mol. The first-order chi connectivity index (χ1) is 16.6. The van der Waals surface area contributed by atoms with Gasteiger partial charge in [-0.2, -0.15) is 0 Å². The van der Waals surface area contributed by atoms with Crippen molar-refractivity contribution < 1.29 is 9.90 Å². The summed E-state index contributed by atoms with van der Waals surface area (Å²) in [5, 5.41) is 14.6. The van der Waals surface area contributed by atoms with Crippen molar-refractivity contribution in [3.05, 3.63) is 125 Å². The van der Waals surface area contributed by atoms with Gasteiger partial charge in [0.15, 0.2) is 0 Å². The highest BCUT2D eigenvalue weighted by atomic mass is 32.1. The maximum Gasteiger partial charge on any atom is 0.308 e. The van der Waals surface area contributed by atoms with Crippen LogP contribution in [-0.2, 0) is 17.4 Å². The fourth-order valence-corrected chi connectivity index (χ4v) is 10.5. The zero-order chi connectivity index (χ0) is 23.5. The van der Waals surface area contributed by atoms with Crippen molar-refractivity contribution in [3.8, 4) is 0 Å². The lowest BCUT2D eigenvalue weighted by atomic mass is 10.1. The summed E-state index contributed by atoms with van der Waals surface area (Å²) in [5.74, 6) is -0.788. The van der Waals surface area contributed by atoms with Crippen molar-refractivity contribution in [2.45, 2.75) is 19.5 Å². The number of hydrogen-bond donors (Lipinski definition) is 1. The second-order valence-electron chi connectivity index (χ2n) is 8.54. The largest absolute Gasteiger partial charge is 0.481 e. The minimum absolute atomic E-state index is 0.0637. The Morgan fingerprint density at radius 3 is 2.03 bits per heavy atom. The third-order valence-electron chi connectivity index (χ3n) is 6.36. The van der Waals surface area contributed by atoms with Gasteiger partial charge in [0.1, 0.15) is 23.2 Å². The van der Waals surface area contributed by atoms with Crippen LogP contribution in [0.15, 0.2) is 109 Å². The van der Waals surface area contributed by atoms with Crippen molar-refractivity contribution in [1.82, 2.24) is 0 Å². The van der Waals surface area contributed by atoms with E-state index in [1.54, 1.807) is 11.3 Å². The van der Waals surface area contributed by atoms with Gasteiger partial charge in [-0.05, 0) is 65.9 Å². The van der Waals surface area contributed by atoms with Crippen LogP contribution in [0.25, 0.3) is 10.1 Å². The van der Waals surface area contributed by atoms with E-state index in [0.717, 1.165) is 15.7 Å². The van der Waals surface area contributed by atoms with Gasteiger partial charge in [0.2, 0.25) is 0 Å². The van der Waals surface area contributed by atoms with Crippen molar-refractivity contribution in [1.29, 1.82) is 0 Å². The van der Waals surface area contributed by atoms with Crippen LogP contribution in [0.3, 0.4) is 0 Å². The van der Waals surface area contributed by atoms with E-state index in [-0.39, 0.29) is 6.42 Å². The van der Waals surface area contributed by atoms with Gasteiger partial charge in [-0.15, -0.1) is 11.3 Å². The Morgan fingerprint density at radius 1 is 0.794 bits per heavy atom. The molecule has 0 aliphatic rings. The van der Waals surface area contributed by atoms with Gasteiger partial charge in [-0.25, -0.2) is 0 Å². The van der Waals surface area contributed by atoms with Crippen LogP contribution in [0.5, 0.6) is 0 Å². The smallest absolute Gasteiger partial charge is 0.308 e. The minimum atomic E-state index is -2.05. The first-order valence-electron chi connectivity index (χ1n) is 11.4. The standard InChI is InChI=1S/C30H25O2PS/c1-22-11-8-9-17-28(22)33(24-13-4-2-5-14-24,25-15-6-3-7-16-25)21-23-12-10-18-29-27(23)19-26(34-29)20-30(31)32/h2-19H,20-21H2,1H3/p+1. The molecule has 0 atom stereocenters. The summed E-state index contributed by atoms with van der Waals surface area (Å²) in [5.41, 5.74) is 2.57. The SMILES string of the molecule is Cc1ccccc1[P+](Cc1cccc2sc(CC(=O)O)cc12)(c1ccccc1)c1ccccc1. The predicted octanol–water partition coefficient (Wildman–Crippen LogP) is 6.33. The van der Waals surface area contributed by atoms with Crippen LogP contribution in [0.4, 0.5) is 0 Å². The minimum Gasteiger partial charge on any atom is -0.481 e. The second-order valence-corrected chi connectivity index (χ2v) is 13.2. The van der Waals surface area contributed by atoms with E-state index in [1.165, 1.54) is 32.4 Å². The lowest BCUT2D eigenvalue weighted by Crippen LogP contribution is -2.33. The fraction of sp³-hybridized carbons (Fsp3) is 0.100. The Kier molecular flexibility index (Phi) is 6.32. The monoisotopic (exact) mass is 481 g/mol. The van der Waals surface area contributed by atoms with Crippen molar-refractivity contribution in [2.75, 3.05) is 0 Å². The summed E-state index contributed by atoms with van der Waals surface area (Å²) in [6.45, 7) is 2.21. The number of thiophene rings is 1. The van der Waals surface area contributed by atoms with Gasteiger partial charge in [-0.3, -0.25) is 4.79 Å². The molecule has 168 valence electrons. The zero-order valence-corrected chi connectivity index (χ0v) is 20.7. The third-order valence-corrected chi connectivity index (χ3v) is 12.0. The molecule has 5 aromatic rings. The predicted molar refractivity (Wildman–Crippen MR) is 147 cm³/mol. The molecule has 0 fully saturated rings. The Hall–Kier alpha value is -3.26. The molecule has 1 heterocycles. The van der Waals surface area contributed by atoms with Crippen LogP contribution in [0.1, 0.15) is 16.0 Å². The first-order valence-corrected chi connectivity index (χ1v) is 14.1. The highest BCUT2D eigenvalue weighted by Crippen LogP contribution is 2.59. The highest BCUT2D eigenvalue weighted by Gasteiger charge is 2.46. The maximum atomic E-state index is 11.4. The van der Waals surface area contributed by atoms with Crippen molar-refractivity contribution in [2.24, 2.45) is 0 Å². The molecule has 0 saturated carbocycles. The molecule has 0 amide bonds. The molecule has 34 heavy (non-hydrogen) atoms. The molecular formula is C30H26O2PS+. The molecule has 0 aliphatic heterocycles. The van der Waals surface area contributed by atoms with Gasteiger partial charge in [-0.1, -0.05) is 66.7 Å². The van der Waals surface area contributed by atoms with Crippen LogP contribution >= 0.6 is 18.6 Å². The number of hydrogen-bond acceptors (Lipinski definition) is 2. The van der Waals surface area contributed by atoms with E-state index < -0.39 is 13.2 Å². The Morgan fingerprint density at radius 2 is 1.41 bits per heavy atom. The topological polar surface area (TPSA) is 37.3 Å². The number of rotatable bonds is 7. The normalized spacial score (nSPS) is 11.6. The van der Waals surface area contributed by atoms with E-state index >= 15 is 0 Å². The number of carboxylic acids is 1. The Bertz CT molecular complexity index is 1400. The zero-order valence-electron chi connectivity index (χ0n) is 19.0. The quantitative estimate of drug-likeness (QED) is 0.276. The number of aliphatic carboxylic acids is 1. The Balaban J connectivity index is 1.79. The van der Waals surface area contributed by atoms with E-state index in [0.29, 0.717) is 0 Å². The van der Waals surface area contributed by atoms with Gasteiger partial charge in [0, 0.05) is 9.58 Å². The third kappa shape index (κ3) is 4.18. The fourth-order valence-electron chi connectivity index (χ4n) is 4.86. The molecule has 0 spiro atoms. The average Bonchev–Trinajstić information content (AvgIpc) is 3.27. The second kappa shape index (κ2) is 9.54. The molecule has 2 nitrogen and oxygen atoms in total. The molecule has 4 heteroatoms. The summed E-state index contributed by atoms with van der Waals surface area (Å²) in [7, 11) is -2.05. The van der Waals surface area contributed by atoms with E-state index in [9.17, 15) is 9.90 Å². The molecule has 0 saturated heterocycles. The summed E-state index contributed by atoms with van der Waals surface area (Å²) in [4.78, 5) is 12.3. The number of benzene rings is 4. The van der Waals surface area contributed by atoms with E-state index in [2.05, 4.69) is 116 Å². The molecular weight excluding hydrogens is 455 g/mol. The van der Waals surface area contributed by atoms with Crippen LogP contribution in [0.2, 0.25) is 0 Å². The molecule has 1 N–H and O–H groups in total. The lowest BCUT2D eigenvalue weighted by molar-refractivity contribution is -0.136. The summed E-state index contributed by atoms with van der Waals surface area (Å²) < 4.78 is 1.15. The van der Waals surface area contributed by atoms with Crippen LogP contribution in [-0.4, -0.2) is 11.1 Å². The van der Waals surface area contributed by atoms with E-state index in [1.807, 2.05) is 0 Å². The summed E-state index contributed by atoms with van der Waals surface area (Å²) in [6, 6.07) is 39.1. The molecule has 0 unspecified atom stereocenters. The van der Waals surface area contributed by atoms with Gasteiger partial charge in [0.05, 0.1) is 12.6 Å². The molecule has 4 aromatic carbocycles. The number of carbonyl (C=O) groups is 1. The van der Waals surface area contributed by atoms with Crippen LogP contribution < -0.4 is 15.9 Å². The number of fused-ring (bicyclic) bond motifs is 1. The lowest BCUT2D eigenvalue weighted by Gasteiger charge is -2.29. The van der Waals surface area contributed by atoms with Gasteiger partial charge < -0.3 is 5.11 Å². The van der Waals surface area contributed by atoms with Crippen LogP contribution in [0, 0.1) is 6.92 Å². The van der Waals surface area contributed by atoms with E-state index in [4.69, 9.17) is 0 Å². The number of carboxylic acid groups (broad SMARTS) is 1.